The lowest BCUT2D eigenvalue weighted by Gasteiger charge is -2.14. The Morgan fingerprint density at radius 3 is 2.71 bits per heavy atom. The van der Waals surface area contributed by atoms with Gasteiger partial charge in [0, 0.05) is 6.54 Å². The van der Waals surface area contributed by atoms with Crippen molar-refractivity contribution in [3.8, 4) is 0 Å². The van der Waals surface area contributed by atoms with E-state index in [1.54, 1.807) is 18.2 Å². The fraction of sp³-hybridized carbons (Fsp3) is 0.200. The molecule has 0 unspecified atom stereocenters. The predicted octanol–water partition coefficient (Wildman–Crippen LogP) is 1.89. The van der Waals surface area contributed by atoms with Gasteiger partial charge in [-0.3, -0.25) is 9.59 Å². The Balaban J connectivity index is 2.68. The third kappa shape index (κ3) is 1.06. The third-order valence-electron chi connectivity index (χ3n) is 2.26. The van der Waals surface area contributed by atoms with E-state index in [4.69, 9.17) is 11.6 Å². The number of hydrogen-bond acceptors (Lipinski definition) is 2. The van der Waals surface area contributed by atoms with E-state index in [-0.39, 0.29) is 0 Å². The summed E-state index contributed by atoms with van der Waals surface area (Å²) >= 11 is 5.93. The van der Waals surface area contributed by atoms with E-state index in [1.165, 1.54) is 4.90 Å². The quantitative estimate of drug-likeness (QED) is 0.663. The molecule has 1 aliphatic rings. The second-order valence-electron chi connectivity index (χ2n) is 3.01. The molecule has 0 saturated carbocycles. The van der Waals surface area contributed by atoms with Gasteiger partial charge in [-0.15, -0.1) is 0 Å². The molecule has 0 N–H and O–H groups in total. The van der Waals surface area contributed by atoms with Crippen LogP contribution in [0.2, 0.25) is 5.02 Å². The number of carbonyl (C=O) groups excluding carboxylic acids is 2. The molecule has 0 aromatic heterocycles. The lowest BCUT2D eigenvalue weighted by Crippen LogP contribution is -2.29. The maximum Gasteiger partial charge on any atom is 0.299 e. The summed E-state index contributed by atoms with van der Waals surface area (Å²) in [4.78, 5) is 24.3. The van der Waals surface area contributed by atoms with Crippen molar-refractivity contribution in [2.75, 3.05) is 11.4 Å². The lowest BCUT2D eigenvalue weighted by molar-refractivity contribution is -0.114. The summed E-state index contributed by atoms with van der Waals surface area (Å²) in [6.45, 7) is 2.27. The highest BCUT2D eigenvalue weighted by Crippen LogP contribution is 2.35. The Morgan fingerprint density at radius 1 is 1.36 bits per heavy atom. The van der Waals surface area contributed by atoms with Crippen molar-refractivity contribution in [1.82, 2.24) is 0 Å². The van der Waals surface area contributed by atoms with Crippen LogP contribution in [-0.2, 0) is 4.79 Å². The standard InChI is InChI=1S/C10H8ClNO2/c1-2-12-8-6(9(13)10(12)14)4-3-5-7(8)11/h3-5H,2H2,1H3. The summed E-state index contributed by atoms with van der Waals surface area (Å²) in [7, 11) is 0. The summed E-state index contributed by atoms with van der Waals surface area (Å²) < 4.78 is 0. The van der Waals surface area contributed by atoms with Gasteiger partial charge >= 0.3 is 0 Å². The highest BCUT2D eigenvalue weighted by atomic mass is 35.5. The lowest BCUT2D eigenvalue weighted by atomic mass is 10.1. The van der Waals surface area contributed by atoms with Crippen molar-refractivity contribution in [3.63, 3.8) is 0 Å². The van der Waals surface area contributed by atoms with Crippen molar-refractivity contribution in [1.29, 1.82) is 0 Å². The molecule has 4 heteroatoms. The molecule has 14 heavy (non-hydrogen) atoms. The zero-order chi connectivity index (χ0) is 10.3. The van der Waals surface area contributed by atoms with Crippen LogP contribution in [-0.4, -0.2) is 18.2 Å². The van der Waals surface area contributed by atoms with Gasteiger partial charge in [0.05, 0.1) is 16.3 Å². The van der Waals surface area contributed by atoms with Gasteiger partial charge in [-0.05, 0) is 19.1 Å². The number of benzene rings is 1. The molecule has 0 bridgehead atoms. The molecule has 0 atom stereocenters. The summed E-state index contributed by atoms with van der Waals surface area (Å²) in [6, 6.07) is 4.97. The number of anilines is 1. The average Bonchev–Trinajstić information content (AvgIpc) is 2.43. The van der Waals surface area contributed by atoms with Crippen LogP contribution in [0.3, 0.4) is 0 Å². The number of para-hydroxylation sites is 1. The summed E-state index contributed by atoms with van der Waals surface area (Å²) in [5.41, 5.74) is 0.955. The number of likely N-dealkylation sites (N-methyl/N-ethyl adjacent to an activating group) is 1. The minimum atomic E-state index is -0.490. The maximum atomic E-state index is 11.5. The topological polar surface area (TPSA) is 37.4 Å². The second kappa shape index (κ2) is 3.10. The molecule has 0 fully saturated rings. The summed E-state index contributed by atoms with van der Waals surface area (Å²) in [6.07, 6.45) is 0. The van der Waals surface area contributed by atoms with Crippen molar-refractivity contribution >= 4 is 29.0 Å². The molecule has 0 radical (unpaired) electrons. The van der Waals surface area contributed by atoms with E-state index in [9.17, 15) is 9.59 Å². The zero-order valence-corrected chi connectivity index (χ0v) is 8.34. The smallest absolute Gasteiger partial charge is 0.299 e. The van der Waals surface area contributed by atoms with E-state index in [0.29, 0.717) is 22.8 Å². The van der Waals surface area contributed by atoms with Crippen molar-refractivity contribution in [2.45, 2.75) is 6.92 Å². The third-order valence-corrected chi connectivity index (χ3v) is 2.56. The Labute approximate surface area is 86.3 Å². The van der Waals surface area contributed by atoms with E-state index >= 15 is 0 Å². The molecule has 0 saturated heterocycles. The molecule has 2 rings (SSSR count). The van der Waals surface area contributed by atoms with Gasteiger partial charge in [-0.1, -0.05) is 17.7 Å². The van der Waals surface area contributed by atoms with Crippen LogP contribution in [0.4, 0.5) is 5.69 Å². The molecule has 1 heterocycles. The molecule has 1 aromatic rings. The molecule has 3 nitrogen and oxygen atoms in total. The average molecular weight is 210 g/mol. The van der Waals surface area contributed by atoms with E-state index in [0.717, 1.165) is 0 Å². The van der Waals surface area contributed by atoms with Crippen LogP contribution in [0.25, 0.3) is 0 Å². The highest BCUT2D eigenvalue weighted by Gasteiger charge is 2.36. The van der Waals surface area contributed by atoms with Crippen LogP contribution < -0.4 is 4.90 Å². The largest absolute Gasteiger partial charge is 0.304 e. The number of halogens is 1. The van der Waals surface area contributed by atoms with Gasteiger partial charge in [0.2, 0.25) is 0 Å². The maximum absolute atomic E-state index is 11.5. The zero-order valence-electron chi connectivity index (χ0n) is 7.58. The number of hydrogen-bond donors (Lipinski definition) is 0. The Bertz CT molecular complexity index is 428. The van der Waals surface area contributed by atoms with Crippen molar-refractivity contribution in [2.24, 2.45) is 0 Å². The first kappa shape index (κ1) is 9.21. The number of nitrogens with zero attached hydrogens (tertiary/aromatic N) is 1. The molecular weight excluding hydrogens is 202 g/mol. The van der Waals surface area contributed by atoms with Gasteiger partial charge in [0.15, 0.2) is 0 Å². The molecule has 72 valence electrons. The fourth-order valence-electron chi connectivity index (χ4n) is 1.61. The molecule has 0 spiro atoms. The predicted molar refractivity (Wildman–Crippen MR) is 53.8 cm³/mol. The number of fused-ring (bicyclic) bond motifs is 1. The van der Waals surface area contributed by atoms with E-state index in [2.05, 4.69) is 0 Å². The van der Waals surface area contributed by atoms with Gasteiger partial charge < -0.3 is 4.90 Å². The van der Waals surface area contributed by atoms with Crippen LogP contribution in [0.5, 0.6) is 0 Å². The Kier molecular flexibility index (Phi) is 2.04. The fourth-order valence-corrected chi connectivity index (χ4v) is 1.89. The minimum absolute atomic E-state index is 0.407. The molecule has 1 aliphatic heterocycles. The number of ketones is 1. The summed E-state index contributed by atoms with van der Waals surface area (Å²) in [5, 5.41) is 0.448. The van der Waals surface area contributed by atoms with Gasteiger partial charge in [-0.25, -0.2) is 0 Å². The van der Waals surface area contributed by atoms with Crippen LogP contribution in [0, 0.1) is 0 Å². The minimum Gasteiger partial charge on any atom is -0.304 e. The number of Topliss-reactive ketones (excluding diaryl/α,β-unsaturated/α-hetero) is 1. The normalized spacial score (nSPS) is 14.9. The SMILES string of the molecule is CCN1C(=O)C(=O)c2cccc(Cl)c21. The van der Waals surface area contributed by atoms with Crippen LogP contribution in [0.15, 0.2) is 18.2 Å². The highest BCUT2D eigenvalue weighted by molar-refractivity contribution is 6.54. The number of amides is 1. The molecule has 0 aliphatic carbocycles. The first-order valence-electron chi connectivity index (χ1n) is 4.31. The van der Waals surface area contributed by atoms with Gasteiger partial charge in [-0.2, -0.15) is 0 Å². The monoisotopic (exact) mass is 209 g/mol. The van der Waals surface area contributed by atoms with Crippen molar-refractivity contribution in [3.05, 3.63) is 28.8 Å². The van der Waals surface area contributed by atoms with Crippen LogP contribution >= 0.6 is 11.6 Å². The van der Waals surface area contributed by atoms with E-state index < -0.39 is 11.7 Å². The van der Waals surface area contributed by atoms with Crippen LogP contribution in [0.1, 0.15) is 17.3 Å². The van der Waals surface area contributed by atoms with Crippen molar-refractivity contribution < 1.29 is 9.59 Å². The number of rotatable bonds is 1. The first-order chi connectivity index (χ1) is 6.66. The molecular formula is C10H8ClNO2. The Hall–Kier alpha value is -1.35. The first-order valence-corrected chi connectivity index (χ1v) is 4.69. The molecule has 1 amide bonds. The number of carbonyl (C=O) groups is 2. The second-order valence-corrected chi connectivity index (χ2v) is 3.42. The van der Waals surface area contributed by atoms with E-state index in [1.807, 2.05) is 6.92 Å². The van der Waals surface area contributed by atoms with Gasteiger partial charge in [0.25, 0.3) is 11.7 Å². The Morgan fingerprint density at radius 2 is 2.07 bits per heavy atom. The summed E-state index contributed by atoms with van der Waals surface area (Å²) in [5.74, 6) is -0.958. The van der Waals surface area contributed by atoms with Gasteiger partial charge in [0.1, 0.15) is 0 Å². The molecule has 1 aromatic carbocycles.